The summed E-state index contributed by atoms with van der Waals surface area (Å²) < 4.78 is 4.81. The fourth-order valence-corrected chi connectivity index (χ4v) is 1.71. The summed E-state index contributed by atoms with van der Waals surface area (Å²) in [5.41, 5.74) is 2.33. The van der Waals surface area contributed by atoms with E-state index < -0.39 is 11.9 Å². The molecular formula is C15H19NO4. The molecule has 0 spiro atoms. The maximum atomic E-state index is 11.3. The van der Waals surface area contributed by atoms with Crippen LogP contribution < -0.4 is 5.32 Å². The van der Waals surface area contributed by atoms with E-state index in [-0.39, 0.29) is 6.42 Å². The summed E-state index contributed by atoms with van der Waals surface area (Å²) in [4.78, 5) is 22.0. The Morgan fingerprint density at radius 1 is 1.30 bits per heavy atom. The number of allylic oxidation sites excluding steroid dienone is 1. The summed E-state index contributed by atoms with van der Waals surface area (Å²) in [6.07, 6.45) is 1.36. The van der Waals surface area contributed by atoms with E-state index in [9.17, 15) is 9.59 Å². The molecule has 0 amide bonds. The molecule has 5 heteroatoms. The number of hydrogen-bond donors (Lipinski definition) is 2. The van der Waals surface area contributed by atoms with E-state index in [2.05, 4.69) is 5.32 Å². The van der Waals surface area contributed by atoms with Crippen molar-refractivity contribution in [1.82, 2.24) is 5.32 Å². The van der Waals surface area contributed by atoms with E-state index in [0.717, 1.165) is 11.1 Å². The summed E-state index contributed by atoms with van der Waals surface area (Å²) in [6, 6.07) is 7.31. The van der Waals surface area contributed by atoms with Gasteiger partial charge in [0.25, 0.3) is 0 Å². The Kier molecular flexibility index (Phi) is 6.29. The van der Waals surface area contributed by atoms with Gasteiger partial charge in [-0.2, -0.15) is 0 Å². The van der Waals surface area contributed by atoms with Gasteiger partial charge >= 0.3 is 11.9 Å². The molecule has 2 N–H and O–H groups in total. The lowest BCUT2D eigenvalue weighted by Gasteiger charge is -2.10. The molecule has 0 unspecified atom stereocenters. The number of ether oxygens (including phenoxy) is 1. The number of carbonyl (C=O) groups is 2. The van der Waals surface area contributed by atoms with Crippen LogP contribution in [0.1, 0.15) is 25.0 Å². The number of hydrogen-bond acceptors (Lipinski definition) is 4. The standard InChI is InChI=1S/C15H19NO4/c1-3-20-15(19)8-11(2)16-10-13-7-5-4-6-12(13)9-14(17)18/h4-8,16H,3,9-10H2,1-2H3,(H,17,18). The molecule has 1 rings (SSSR count). The molecule has 0 fully saturated rings. The van der Waals surface area contributed by atoms with Crippen molar-refractivity contribution in [2.24, 2.45) is 0 Å². The van der Waals surface area contributed by atoms with Gasteiger partial charge in [-0.15, -0.1) is 0 Å². The normalized spacial score (nSPS) is 11.0. The highest BCUT2D eigenvalue weighted by Crippen LogP contribution is 2.10. The van der Waals surface area contributed by atoms with Crippen LogP contribution in [0.3, 0.4) is 0 Å². The van der Waals surface area contributed by atoms with E-state index in [1.807, 2.05) is 18.2 Å². The fraction of sp³-hybridized carbons (Fsp3) is 0.333. The first-order valence-corrected chi connectivity index (χ1v) is 6.40. The monoisotopic (exact) mass is 277 g/mol. The molecule has 0 radical (unpaired) electrons. The number of benzene rings is 1. The zero-order chi connectivity index (χ0) is 15.0. The number of aliphatic carboxylic acids is 1. The van der Waals surface area contributed by atoms with Crippen LogP contribution >= 0.6 is 0 Å². The van der Waals surface area contributed by atoms with Crippen LogP contribution in [0.25, 0.3) is 0 Å². The molecule has 0 aliphatic carbocycles. The molecular weight excluding hydrogens is 258 g/mol. The Morgan fingerprint density at radius 3 is 2.55 bits per heavy atom. The SMILES string of the molecule is CCOC(=O)C=C(C)NCc1ccccc1CC(=O)O. The zero-order valence-electron chi connectivity index (χ0n) is 11.7. The molecule has 1 aromatic rings. The van der Waals surface area contributed by atoms with E-state index in [1.54, 1.807) is 19.9 Å². The largest absolute Gasteiger partial charge is 0.481 e. The molecule has 0 saturated heterocycles. The van der Waals surface area contributed by atoms with Crippen molar-refractivity contribution in [3.8, 4) is 0 Å². The predicted octanol–water partition coefficient (Wildman–Crippen LogP) is 1.87. The summed E-state index contributed by atoms with van der Waals surface area (Å²) in [5, 5.41) is 11.9. The van der Waals surface area contributed by atoms with Crippen molar-refractivity contribution in [3.05, 3.63) is 47.2 Å². The second-order valence-corrected chi connectivity index (χ2v) is 4.27. The molecule has 20 heavy (non-hydrogen) atoms. The average Bonchev–Trinajstić information content (AvgIpc) is 2.37. The highest BCUT2D eigenvalue weighted by molar-refractivity contribution is 5.82. The van der Waals surface area contributed by atoms with Gasteiger partial charge in [0.1, 0.15) is 0 Å². The molecule has 0 aromatic heterocycles. The van der Waals surface area contributed by atoms with Gasteiger partial charge in [0.05, 0.1) is 13.0 Å². The lowest BCUT2D eigenvalue weighted by Crippen LogP contribution is -2.15. The minimum atomic E-state index is -0.865. The first-order chi connectivity index (χ1) is 9.52. The van der Waals surface area contributed by atoms with E-state index in [4.69, 9.17) is 9.84 Å². The minimum Gasteiger partial charge on any atom is -0.481 e. The summed E-state index contributed by atoms with van der Waals surface area (Å²) >= 11 is 0. The summed E-state index contributed by atoms with van der Waals surface area (Å²) in [7, 11) is 0. The molecule has 5 nitrogen and oxygen atoms in total. The fourth-order valence-electron chi connectivity index (χ4n) is 1.71. The van der Waals surface area contributed by atoms with Crippen molar-refractivity contribution in [3.63, 3.8) is 0 Å². The Hall–Kier alpha value is -2.30. The predicted molar refractivity (Wildman–Crippen MR) is 75.0 cm³/mol. The average molecular weight is 277 g/mol. The second kappa shape index (κ2) is 7.99. The Bertz CT molecular complexity index is 508. The lowest BCUT2D eigenvalue weighted by atomic mass is 10.0. The highest BCUT2D eigenvalue weighted by Gasteiger charge is 2.06. The van der Waals surface area contributed by atoms with Gasteiger partial charge < -0.3 is 15.2 Å². The molecule has 0 aliphatic heterocycles. The summed E-state index contributed by atoms with van der Waals surface area (Å²) in [5.74, 6) is -1.26. The number of carbonyl (C=O) groups excluding carboxylic acids is 1. The molecule has 0 saturated carbocycles. The van der Waals surface area contributed by atoms with Crippen molar-refractivity contribution >= 4 is 11.9 Å². The molecule has 0 aliphatic rings. The van der Waals surface area contributed by atoms with Gasteiger partial charge in [0.15, 0.2) is 0 Å². The molecule has 0 heterocycles. The number of carboxylic acid groups (broad SMARTS) is 1. The van der Waals surface area contributed by atoms with Crippen LogP contribution in [-0.2, 0) is 27.3 Å². The summed E-state index contributed by atoms with van der Waals surface area (Å²) in [6.45, 7) is 4.31. The lowest BCUT2D eigenvalue weighted by molar-refractivity contribution is -0.137. The van der Waals surface area contributed by atoms with Crippen LogP contribution in [0.15, 0.2) is 36.0 Å². The highest BCUT2D eigenvalue weighted by atomic mass is 16.5. The van der Waals surface area contributed by atoms with Crippen LogP contribution in [0.2, 0.25) is 0 Å². The van der Waals surface area contributed by atoms with Gasteiger partial charge in [-0.3, -0.25) is 4.79 Å². The van der Waals surface area contributed by atoms with Gasteiger partial charge in [-0.05, 0) is 25.0 Å². The third-order valence-corrected chi connectivity index (χ3v) is 2.64. The quantitative estimate of drug-likeness (QED) is 0.588. The third-order valence-electron chi connectivity index (χ3n) is 2.64. The Morgan fingerprint density at radius 2 is 1.95 bits per heavy atom. The first kappa shape index (κ1) is 15.8. The number of nitrogens with one attached hydrogen (secondary N) is 1. The van der Waals surface area contributed by atoms with Crippen molar-refractivity contribution in [1.29, 1.82) is 0 Å². The third kappa shape index (κ3) is 5.56. The van der Waals surface area contributed by atoms with Crippen LogP contribution in [-0.4, -0.2) is 23.7 Å². The second-order valence-electron chi connectivity index (χ2n) is 4.27. The Balaban J connectivity index is 2.65. The van der Waals surface area contributed by atoms with Gasteiger partial charge in [0, 0.05) is 18.3 Å². The van der Waals surface area contributed by atoms with Crippen LogP contribution in [0.4, 0.5) is 0 Å². The maximum absolute atomic E-state index is 11.3. The van der Waals surface area contributed by atoms with E-state index in [0.29, 0.717) is 18.8 Å². The van der Waals surface area contributed by atoms with E-state index in [1.165, 1.54) is 6.08 Å². The van der Waals surface area contributed by atoms with Gasteiger partial charge in [-0.1, -0.05) is 24.3 Å². The van der Waals surface area contributed by atoms with Crippen LogP contribution in [0, 0.1) is 0 Å². The molecule has 0 bridgehead atoms. The first-order valence-electron chi connectivity index (χ1n) is 6.40. The minimum absolute atomic E-state index is 0.0154. The van der Waals surface area contributed by atoms with Crippen LogP contribution in [0.5, 0.6) is 0 Å². The van der Waals surface area contributed by atoms with Gasteiger partial charge in [0.2, 0.25) is 0 Å². The molecule has 1 aromatic carbocycles. The van der Waals surface area contributed by atoms with E-state index >= 15 is 0 Å². The molecule has 0 atom stereocenters. The Labute approximate surface area is 118 Å². The zero-order valence-corrected chi connectivity index (χ0v) is 11.7. The maximum Gasteiger partial charge on any atom is 0.332 e. The number of esters is 1. The number of rotatable bonds is 7. The van der Waals surface area contributed by atoms with Crippen molar-refractivity contribution in [2.45, 2.75) is 26.8 Å². The topological polar surface area (TPSA) is 75.6 Å². The smallest absolute Gasteiger partial charge is 0.332 e. The van der Waals surface area contributed by atoms with Gasteiger partial charge in [-0.25, -0.2) is 4.79 Å². The van der Waals surface area contributed by atoms with Crippen molar-refractivity contribution < 1.29 is 19.4 Å². The number of carboxylic acids is 1. The molecule has 108 valence electrons. The van der Waals surface area contributed by atoms with Crippen molar-refractivity contribution in [2.75, 3.05) is 6.61 Å².